The van der Waals surface area contributed by atoms with Gasteiger partial charge in [0, 0.05) is 5.69 Å². The fraction of sp³-hybridized carbons (Fsp3) is 0.188. The minimum Gasteiger partial charge on any atom is -0.493 e. The first-order valence-corrected chi connectivity index (χ1v) is 7.08. The zero-order valence-corrected chi connectivity index (χ0v) is 12.5. The summed E-state index contributed by atoms with van der Waals surface area (Å²) in [7, 11) is 1.36. The molecule has 7 nitrogen and oxygen atoms in total. The van der Waals surface area contributed by atoms with Gasteiger partial charge in [0.15, 0.2) is 0 Å². The molecule has 23 heavy (non-hydrogen) atoms. The van der Waals surface area contributed by atoms with Crippen LogP contribution in [0.3, 0.4) is 0 Å². The van der Waals surface area contributed by atoms with E-state index >= 15 is 0 Å². The number of nitrogens with zero attached hydrogens (tertiary/aromatic N) is 2. The van der Waals surface area contributed by atoms with Gasteiger partial charge in [-0.15, -0.1) is 0 Å². The topological polar surface area (TPSA) is 114 Å². The molecule has 0 fully saturated rings. The maximum atomic E-state index is 11.4. The van der Waals surface area contributed by atoms with E-state index < -0.39 is 0 Å². The number of aromatic nitrogens is 3. The third-order valence-corrected chi connectivity index (χ3v) is 3.60. The van der Waals surface area contributed by atoms with Crippen LogP contribution in [0.25, 0.3) is 11.0 Å². The highest BCUT2D eigenvalue weighted by atomic mass is 16.5. The molecule has 0 radical (unpaired) electrons. The van der Waals surface area contributed by atoms with Crippen molar-refractivity contribution in [1.82, 2.24) is 15.0 Å². The van der Waals surface area contributed by atoms with Crippen LogP contribution in [0.2, 0.25) is 0 Å². The molecule has 2 aromatic heterocycles. The molecule has 0 aliphatic rings. The minimum absolute atomic E-state index is 0.0294. The SMILES string of the molecule is COC(=O)c1ccc(CCc2cc3c(O)nc(N)nc3[nH]2)cc1. The molecule has 0 spiro atoms. The number of ether oxygens (including phenoxy) is 1. The first kappa shape index (κ1) is 14.8. The van der Waals surface area contributed by atoms with Crippen molar-refractivity contribution in [2.24, 2.45) is 0 Å². The van der Waals surface area contributed by atoms with Crippen molar-refractivity contribution in [3.8, 4) is 5.88 Å². The highest BCUT2D eigenvalue weighted by Crippen LogP contribution is 2.23. The second kappa shape index (κ2) is 5.96. The lowest BCUT2D eigenvalue weighted by atomic mass is 10.1. The molecule has 0 aliphatic heterocycles. The molecule has 0 bridgehead atoms. The maximum absolute atomic E-state index is 11.4. The van der Waals surface area contributed by atoms with Crippen LogP contribution < -0.4 is 5.73 Å². The van der Waals surface area contributed by atoms with E-state index in [2.05, 4.69) is 19.7 Å². The summed E-state index contributed by atoms with van der Waals surface area (Å²) in [5.41, 5.74) is 8.57. The Labute approximate surface area is 132 Å². The van der Waals surface area contributed by atoms with Crippen LogP contribution in [0.1, 0.15) is 21.6 Å². The number of nitrogens with two attached hydrogens (primary N) is 1. The Morgan fingerprint density at radius 2 is 2.00 bits per heavy atom. The Kier molecular flexibility index (Phi) is 3.84. The maximum Gasteiger partial charge on any atom is 0.337 e. The Morgan fingerprint density at radius 3 is 2.70 bits per heavy atom. The van der Waals surface area contributed by atoms with E-state index in [-0.39, 0.29) is 17.8 Å². The van der Waals surface area contributed by atoms with Crippen LogP contribution in [-0.2, 0) is 17.6 Å². The number of hydrogen-bond donors (Lipinski definition) is 3. The number of fused-ring (bicyclic) bond motifs is 1. The Morgan fingerprint density at radius 1 is 1.26 bits per heavy atom. The van der Waals surface area contributed by atoms with Gasteiger partial charge in [0.1, 0.15) is 5.65 Å². The summed E-state index contributed by atoms with van der Waals surface area (Å²) < 4.78 is 4.67. The van der Waals surface area contributed by atoms with Gasteiger partial charge in [0.25, 0.3) is 0 Å². The Balaban J connectivity index is 1.73. The molecule has 3 rings (SSSR count). The quantitative estimate of drug-likeness (QED) is 0.633. The van der Waals surface area contributed by atoms with E-state index in [0.29, 0.717) is 16.6 Å². The second-order valence-corrected chi connectivity index (χ2v) is 5.15. The van der Waals surface area contributed by atoms with Crippen molar-refractivity contribution in [1.29, 1.82) is 0 Å². The number of hydrogen-bond acceptors (Lipinski definition) is 6. The lowest BCUT2D eigenvalue weighted by Gasteiger charge is -2.02. The van der Waals surface area contributed by atoms with E-state index in [0.717, 1.165) is 24.1 Å². The van der Waals surface area contributed by atoms with E-state index in [1.165, 1.54) is 7.11 Å². The number of carbonyl (C=O) groups excluding carboxylic acids is 1. The molecule has 0 saturated carbocycles. The van der Waals surface area contributed by atoms with Gasteiger partial charge in [-0.1, -0.05) is 12.1 Å². The van der Waals surface area contributed by atoms with E-state index in [4.69, 9.17) is 5.73 Å². The number of carbonyl (C=O) groups is 1. The standard InChI is InChI=1S/C16H16N4O3/c1-23-15(22)10-5-2-9(3-6-10)4-7-11-8-12-13(18-11)19-16(17)20-14(12)21/h2-3,5-6,8H,4,7H2,1H3,(H4,17,18,19,20,21). The predicted octanol–water partition coefficient (Wildman–Crippen LogP) is 1.82. The zero-order chi connectivity index (χ0) is 16.4. The number of aryl methyl sites for hydroxylation is 2. The van der Waals surface area contributed by atoms with Crippen molar-refractivity contribution >= 4 is 23.0 Å². The molecule has 0 aliphatic carbocycles. The number of aromatic hydroxyl groups is 1. The number of esters is 1. The molecular weight excluding hydrogens is 296 g/mol. The summed E-state index contributed by atoms with van der Waals surface area (Å²) in [6.07, 6.45) is 1.51. The molecule has 7 heteroatoms. The van der Waals surface area contributed by atoms with Crippen molar-refractivity contribution in [3.05, 3.63) is 47.2 Å². The van der Waals surface area contributed by atoms with Gasteiger partial charge in [-0.25, -0.2) is 4.79 Å². The number of H-pyrrole nitrogens is 1. The number of rotatable bonds is 4. The van der Waals surface area contributed by atoms with Crippen LogP contribution in [-0.4, -0.2) is 33.1 Å². The normalized spacial score (nSPS) is 10.8. The predicted molar refractivity (Wildman–Crippen MR) is 85.2 cm³/mol. The van der Waals surface area contributed by atoms with Crippen molar-refractivity contribution in [2.75, 3.05) is 12.8 Å². The smallest absolute Gasteiger partial charge is 0.337 e. The average molecular weight is 312 g/mol. The van der Waals surface area contributed by atoms with Gasteiger partial charge >= 0.3 is 5.97 Å². The Bertz CT molecular complexity index is 856. The monoisotopic (exact) mass is 312 g/mol. The van der Waals surface area contributed by atoms with Gasteiger partial charge in [0.05, 0.1) is 18.1 Å². The Hall–Kier alpha value is -3.09. The lowest BCUT2D eigenvalue weighted by Crippen LogP contribution is -2.01. The van der Waals surface area contributed by atoms with Crippen molar-refractivity contribution in [2.45, 2.75) is 12.8 Å². The molecule has 2 heterocycles. The van der Waals surface area contributed by atoms with Crippen LogP contribution in [0.4, 0.5) is 5.95 Å². The zero-order valence-electron chi connectivity index (χ0n) is 12.5. The number of anilines is 1. The molecule has 0 saturated heterocycles. The van der Waals surface area contributed by atoms with E-state index in [1.54, 1.807) is 12.1 Å². The molecule has 118 valence electrons. The summed E-state index contributed by atoms with van der Waals surface area (Å²) in [6.45, 7) is 0. The third-order valence-electron chi connectivity index (χ3n) is 3.60. The van der Waals surface area contributed by atoms with Gasteiger partial charge in [-0.2, -0.15) is 9.97 Å². The first-order chi connectivity index (χ1) is 11.1. The summed E-state index contributed by atoms with van der Waals surface area (Å²) in [6, 6.07) is 9.08. The lowest BCUT2D eigenvalue weighted by molar-refractivity contribution is 0.0600. The molecule has 0 atom stereocenters. The molecule has 0 unspecified atom stereocenters. The van der Waals surface area contributed by atoms with Crippen LogP contribution in [0.15, 0.2) is 30.3 Å². The third kappa shape index (κ3) is 3.08. The number of methoxy groups -OCH3 is 1. The van der Waals surface area contributed by atoms with Gasteiger partial charge in [-0.05, 0) is 36.6 Å². The first-order valence-electron chi connectivity index (χ1n) is 7.08. The fourth-order valence-electron chi connectivity index (χ4n) is 2.40. The molecular formula is C16H16N4O3. The second-order valence-electron chi connectivity index (χ2n) is 5.15. The number of nitrogen functional groups attached to an aromatic ring is 1. The summed E-state index contributed by atoms with van der Waals surface area (Å²) >= 11 is 0. The summed E-state index contributed by atoms with van der Waals surface area (Å²) in [5.74, 6) is -0.446. The average Bonchev–Trinajstić information content (AvgIpc) is 2.96. The molecule has 3 aromatic rings. The summed E-state index contributed by atoms with van der Waals surface area (Å²) in [4.78, 5) is 22.3. The fourth-order valence-corrected chi connectivity index (χ4v) is 2.40. The number of nitrogens with one attached hydrogen (secondary N) is 1. The van der Waals surface area contributed by atoms with Gasteiger partial charge < -0.3 is 20.6 Å². The minimum atomic E-state index is -0.348. The van der Waals surface area contributed by atoms with Gasteiger partial charge in [-0.3, -0.25) is 0 Å². The highest BCUT2D eigenvalue weighted by Gasteiger charge is 2.09. The number of aromatic amines is 1. The van der Waals surface area contributed by atoms with Crippen molar-refractivity contribution < 1.29 is 14.6 Å². The van der Waals surface area contributed by atoms with Crippen LogP contribution in [0.5, 0.6) is 5.88 Å². The highest BCUT2D eigenvalue weighted by molar-refractivity contribution is 5.89. The van der Waals surface area contributed by atoms with Crippen LogP contribution in [0, 0.1) is 0 Å². The van der Waals surface area contributed by atoms with Crippen molar-refractivity contribution in [3.63, 3.8) is 0 Å². The largest absolute Gasteiger partial charge is 0.493 e. The van der Waals surface area contributed by atoms with Gasteiger partial charge in [0.2, 0.25) is 11.8 Å². The van der Waals surface area contributed by atoms with E-state index in [1.807, 2.05) is 18.2 Å². The molecule has 0 amide bonds. The number of benzene rings is 1. The summed E-state index contributed by atoms with van der Waals surface area (Å²) in [5, 5.41) is 10.3. The molecule has 4 N–H and O–H groups in total. The van der Waals surface area contributed by atoms with Crippen LogP contribution >= 0.6 is 0 Å². The molecule has 1 aromatic carbocycles. The van der Waals surface area contributed by atoms with E-state index in [9.17, 15) is 9.90 Å².